The van der Waals surface area contributed by atoms with Gasteiger partial charge in [-0.05, 0) is 61.4 Å². The molecule has 2 heteroatoms. The molecule has 1 aliphatic rings. The lowest BCUT2D eigenvalue weighted by molar-refractivity contribution is 0.612. The summed E-state index contributed by atoms with van der Waals surface area (Å²) in [7, 11) is 0. The van der Waals surface area contributed by atoms with E-state index in [2.05, 4.69) is 128 Å². The molecule has 0 radical (unpaired) electrons. The molecular formula is C30H28N2. The van der Waals surface area contributed by atoms with Crippen molar-refractivity contribution in [3.63, 3.8) is 0 Å². The normalized spacial score (nSPS) is 14.7. The highest BCUT2D eigenvalue weighted by Gasteiger charge is 2.37. The molecule has 0 atom stereocenters. The first-order chi connectivity index (χ1) is 15.5. The summed E-state index contributed by atoms with van der Waals surface area (Å²) in [5.74, 6) is 0. The Morgan fingerprint density at radius 2 is 1.19 bits per heavy atom. The van der Waals surface area contributed by atoms with E-state index in [-0.39, 0.29) is 5.41 Å². The average Bonchev–Trinajstić information content (AvgIpc) is 3.14. The van der Waals surface area contributed by atoms with Crippen LogP contribution in [0.3, 0.4) is 0 Å². The molecule has 4 aromatic carbocycles. The number of nitrogens with zero attached hydrogens (tertiary/aromatic N) is 2. The Kier molecular flexibility index (Phi) is 4.04. The molecule has 0 amide bonds. The first kappa shape index (κ1) is 19.2. The summed E-state index contributed by atoms with van der Waals surface area (Å²) < 4.78 is 2.42. The van der Waals surface area contributed by atoms with E-state index in [4.69, 9.17) is 0 Å². The Hall–Kier alpha value is -3.52. The van der Waals surface area contributed by atoms with Gasteiger partial charge in [0.2, 0.25) is 0 Å². The van der Waals surface area contributed by atoms with Gasteiger partial charge in [-0.3, -0.25) is 0 Å². The topological polar surface area (TPSA) is 8.17 Å². The smallest absolute Gasteiger partial charge is 0.0541 e. The summed E-state index contributed by atoms with van der Waals surface area (Å²) in [5, 5.41) is 2.60. The summed E-state index contributed by atoms with van der Waals surface area (Å²) in [6.45, 7) is 9.27. The van der Waals surface area contributed by atoms with Crippen molar-refractivity contribution in [3.8, 4) is 5.69 Å². The number of anilines is 2. The highest BCUT2D eigenvalue weighted by atomic mass is 15.2. The number of rotatable bonds is 2. The van der Waals surface area contributed by atoms with Gasteiger partial charge in [0.1, 0.15) is 0 Å². The van der Waals surface area contributed by atoms with Crippen molar-refractivity contribution in [2.24, 2.45) is 0 Å². The molecule has 1 aromatic heterocycles. The van der Waals surface area contributed by atoms with Gasteiger partial charge in [-0.1, -0.05) is 68.4 Å². The molecule has 158 valence electrons. The quantitative estimate of drug-likeness (QED) is 0.283. The van der Waals surface area contributed by atoms with Gasteiger partial charge in [-0.2, -0.15) is 0 Å². The summed E-state index contributed by atoms with van der Waals surface area (Å²) in [5.41, 5.74) is 9.05. The maximum atomic E-state index is 2.49. The van der Waals surface area contributed by atoms with E-state index in [1.807, 2.05) is 0 Å². The van der Waals surface area contributed by atoms with Crippen LogP contribution < -0.4 is 4.90 Å². The summed E-state index contributed by atoms with van der Waals surface area (Å²) >= 11 is 0. The first-order valence-electron chi connectivity index (χ1n) is 11.5. The lowest BCUT2D eigenvalue weighted by atomic mass is 9.73. The van der Waals surface area contributed by atoms with Gasteiger partial charge < -0.3 is 9.47 Å². The minimum absolute atomic E-state index is 0.0773. The Bertz CT molecular complexity index is 1430. The third kappa shape index (κ3) is 2.53. The standard InChI is InChI=1S/C30H28N2/c1-20(2)31-28-16-10-7-13-24(28)30(3,4)25-19-21(17-18-29(25)31)32-26-14-8-5-11-22(26)23-12-6-9-15-27(23)32/h5-20H,1-4H3. The van der Waals surface area contributed by atoms with Crippen LogP contribution in [0, 0.1) is 0 Å². The molecule has 0 bridgehead atoms. The Balaban J connectivity index is 1.66. The van der Waals surface area contributed by atoms with Crippen molar-refractivity contribution >= 4 is 33.2 Å². The van der Waals surface area contributed by atoms with Crippen LogP contribution in [0.15, 0.2) is 91.0 Å². The zero-order valence-electron chi connectivity index (χ0n) is 19.1. The molecule has 32 heavy (non-hydrogen) atoms. The number of benzene rings is 4. The third-order valence-electron chi connectivity index (χ3n) is 7.10. The Labute approximate surface area is 189 Å². The molecule has 6 rings (SSSR count). The number of para-hydroxylation sites is 3. The van der Waals surface area contributed by atoms with Crippen molar-refractivity contribution in [2.75, 3.05) is 4.90 Å². The maximum Gasteiger partial charge on any atom is 0.0541 e. The van der Waals surface area contributed by atoms with E-state index in [0.717, 1.165) is 0 Å². The molecule has 2 heterocycles. The van der Waals surface area contributed by atoms with Crippen LogP contribution in [0.1, 0.15) is 38.8 Å². The van der Waals surface area contributed by atoms with Crippen molar-refractivity contribution in [3.05, 3.63) is 102 Å². The van der Waals surface area contributed by atoms with Crippen LogP contribution in [0.2, 0.25) is 0 Å². The second kappa shape index (κ2) is 6.74. The highest BCUT2D eigenvalue weighted by Crippen LogP contribution is 2.50. The van der Waals surface area contributed by atoms with Crippen molar-refractivity contribution in [1.82, 2.24) is 4.57 Å². The molecule has 1 aliphatic heterocycles. The molecule has 5 aromatic rings. The van der Waals surface area contributed by atoms with E-state index < -0.39 is 0 Å². The monoisotopic (exact) mass is 416 g/mol. The minimum Gasteiger partial charge on any atom is -0.338 e. The summed E-state index contributed by atoms with van der Waals surface area (Å²) in [4.78, 5) is 2.49. The largest absolute Gasteiger partial charge is 0.338 e. The molecule has 0 aliphatic carbocycles. The lowest BCUT2D eigenvalue weighted by Gasteiger charge is -2.44. The second-order valence-electron chi connectivity index (χ2n) is 9.68. The molecule has 0 fully saturated rings. The summed E-state index contributed by atoms with van der Waals surface area (Å²) in [6, 6.07) is 33.7. The fraction of sp³-hybridized carbons (Fsp3) is 0.200. The fourth-order valence-electron chi connectivity index (χ4n) is 5.62. The van der Waals surface area contributed by atoms with E-state index in [9.17, 15) is 0 Å². The summed E-state index contributed by atoms with van der Waals surface area (Å²) in [6.07, 6.45) is 0. The minimum atomic E-state index is -0.0773. The van der Waals surface area contributed by atoms with Gasteiger partial charge in [0.05, 0.1) is 11.0 Å². The zero-order chi connectivity index (χ0) is 22.0. The van der Waals surface area contributed by atoms with Gasteiger partial charge in [0, 0.05) is 39.3 Å². The highest BCUT2D eigenvalue weighted by molar-refractivity contribution is 6.09. The van der Waals surface area contributed by atoms with Gasteiger partial charge in [-0.25, -0.2) is 0 Å². The first-order valence-corrected chi connectivity index (χ1v) is 11.5. The number of hydrogen-bond donors (Lipinski definition) is 0. The molecular weight excluding hydrogens is 388 g/mol. The van der Waals surface area contributed by atoms with Gasteiger partial charge in [0.15, 0.2) is 0 Å². The molecule has 0 N–H and O–H groups in total. The molecule has 0 saturated carbocycles. The number of fused-ring (bicyclic) bond motifs is 5. The molecule has 2 nitrogen and oxygen atoms in total. The molecule has 0 saturated heterocycles. The average molecular weight is 417 g/mol. The van der Waals surface area contributed by atoms with Crippen molar-refractivity contribution in [1.29, 1.82) is 0 Å². The predicted octanol–water partition coefficient (Wildman–Crippen LogP) is 7.97. The second-order valence-corrected chi connectivity index (χ2v) is 9.68. The lowest BCUT2D eigenvalue weighted by Crippen LogP contribution is -2.36. The van der Waals surface area contributed by atoms with Crippen LogP contribution >= 0.6 is 0 Å². The number of hydrogen-bond acceptors (Lipinski definition) is 1. The number of aromatic nitrogens is 1. The third-order valence-corrected chi connectivity index (χ3v) is 7.10. The van der Waals surface area contributed by atoms with E-state index in [1.54, 1.807) is 0 Å². The van der Waals surface area contributed by atoms with Crippen LogP contribution in [-0.4, -0.2) is 10.6 Å². The SMILES string of the molecule is CC(C)N1c2ccccc2C(C)(C)c2cc(-n3c4ccccc4c4ccccc43)ccc21. The maximum absolute atomic E-state index is 2.49. The van der Waals surface area contributed by atoms with Gasteiger partial charge in [0.25, 0.3) is 0 Å². The van der Waals surface area contributed by atoms with E-state index >= 15 is 0 Å². The van der Waals surface area contributed by atoms with Crippen LogP contribution in [0.5, 0.6) is 0 Å². The van der Waals surface area contributed by atoms with Crippen LogP contribution in [0.25, 0.3) is 27.5 Å². The van der Waals surface area contributed by atoms with Crippen LogP contribution in [-0.2, 0) is 5.41 Å². The van der Waals surface area contributed by atoms with E-state index in [1.165, 1.54) is 50.0 Å². The zero-order valence-corrected chi connectivity index (χ0v) is 19.1. The Morgan fingerprint density at radius 3 is 1.84 bits per heavy atom. The van der Waals surface area contributed by atoms with Gasteiger partial charge in [-0.15, -0.1) is 0 Å². The molecule has 0 spiro atoms. The fourth-order valence-corrected chi connectivity index (χ4v) is 5.62. The predicted molar refractivity (Wildman–Crippen MR) is 137 cm³/mol. The Morgan fingerprint density at radius 1 is 0.625 bits per heavy atom. The van der Waals surface area contributed by atoms with Crippen LogP contribution in [0.4, 0.5) is 11.4 Å². The van der Waals surface area contributed by atoms with Gasteiger partial charge >= 0.3 is 0 Å². The molecule has 0 unspecified atom stereocenters. The van der Waals surface area contributed by atoms with Crippen molar-refractivity contribution < 1.29 is 0 Å². The van der Waals surface area contributed by atoms with Crippen molar-refractivity contribution in [2.45, 2.75) is 39.2 Å². The van der Waals surface area contributed by atoms with E-state index in [0.29, 0.717) is 6.04 Å².